The van der Waals surface area contributed by atoms with Crippen molar-refractivity contribution in [1.82, 2.24) is 14.8 Å². The molecular formula is C22H31F2N5O2. The van der Waals surface area contributed by atoms with Crippen LogP contribution >= 0.6 is 0 Å². The third-order valence-corrected chi connectivity index (χ3v) is 5.53. The number of aromatic amines is 1. The summed E-state index contributed by atoms with van der Waals surface area (Å²) in [7, 11) is 0. The highest BCUT2D eigenvalue weighted by atomic mass is 19.1. The molecule has 1 aromatic carbocycles. The van der Waals surface area contributed by atoms with Crippen molar-refractivity contribution in [2.75, 3.05) is 31.9 Å². The first-order valence-electron chi connectivity index (χ1n) is 9.86. The topological polar surface area (TPSA) is 109 Å². The van der Waals surface area contributed by atoms with Gasteiger partial charge in [0.15, 0.2) is 5.75 Å². The fraction of sp³-hybridized carbons (Fsp3) is 0.455. The predicted molar refractivity (Wildman–Crippen MR) is 120 cm³/mol. The molecule has 0 bridgehead atoms. The van der Waals surface area contributed by atoms with Crippen molar-refractivity contribution < 1.29 is 13.9 Å². The molecule has 0 spiro atoms. The molecule has 2 aromatic rings. The summed E-state index contributed by atoms with van der Waals surface area (Å²) in [6, 6.07) is 3.92. The fourth-order valence-corrected chi connectivity index (χ4v) is 4.09. The predicted octanol–water partition coefficient (Wildman–Crippen LogP) is 3.03. The molecule has 0 radical (unpaired) electrons. The smallest absolute Gasteiger partial charge is 0.235 e. The first-order valence-corrected chi connectivity index (χ1v) is 9.86. The van der Waals surface area contributed by atoms with Gasteiger partial charge in [-0.15, -0.1) is 0 Å². The lowest BCUT2D eigenvalue weighted by Gasteiger charge is -2.42. The van der Waals surface area contributed by atoms with E-state index in [9.17, 15) is 18.7 Å². The van der Waals surface area contributed by atoms with Crippen LogP contribution in [0.4, 0.5) is 14.6 Å². The highest BCUT2D eigenvalue weighted by Crippen LogP contribution is 2.31. The second-order valence-corrected chi connectivity index (χ2v) is 7.96. The lowest BCUT2D eigenvalue weighted by molar-refractivity contribution is 0.0686. The molecule has 9 heteroatoms. The van der Waals surface area contributed by atoms with Crippen LogP contribution in [0.2, 0.25) is 0 Å². The van der Waals surface area contributed by atoms with Gasteiger partial charge in [-0.05, 0) is 32.9 Å². The molecule has 1 aliphatic heterocycles. The Morgan fingerprint density at radius 3 is 2.48 bits per heavy atom. The number of nitrogens with one attached hydrogen (secondary N) is 2. The van der Waals surface area contributed by atoms with Gasteiger partial charge in [-0.25, -0.2) is 8.78 Å². The third kappa shape index (κ3) is 4.77. The van der Waals surface area contributed by atoms with E-state index < -0.39 is 34.1 Å². The van der Waals surface area contributed by atoms with Crippen molar-refractivity contribution in [3.05, 3.63) is 45.6 Å². The molecule has 31 heavy (non-hydrogen) atoms. The number of pyridine rings is 1. The molecule has 1 atom stereocenters. The molecular weight excluding hydrogens is 404 g/mol. The van der Waals surface area contributed by atoms with E-state index in [1.54, 1.807) is 0 Å². The fourth-order valence-electron chi connectivity index (χ4n) is 4.09. The van der Waals surface area contributed by atoms with E-state index in [0.29, 0.717) is 12.1 Å². The van der Waals surface area contributed by atoms with Crippen LogP contribution in [0.15, 0.2) is 23.0 Å². The average Bonchev–Trinajstić information content (AvgIpc) is 2.65. The monoisotopic (exact) mass is 435 g/mol. The van der Waals surface area contributed by atoms with Crippen molar-refractivity contribution in [3.63, 3.8) is 0 Å². The first-order chi connectivity index (χ1) is 14.1. The molecule has 1 aromatic heterocycles. The Morgan fingerprint density at radius 2 is 1.94 bits per heavy atom. The number of hydrogen-bond donors (Lipinski definition) is 4. The zero-order chi connectivity index (χ0) is 22.2. The number of anilines is 1. The minimum absolute atomic E-state index is 0. The van der Waals surface area contributed by atoms with Crippen LogP contribution in [0, 0.1) is 17.0 Å². The normalized spacial score (nSPS) is 17.5. The number of aromatic nitrogens is 1. The summed E-state index contributed by atoms with van der Waals surface area (Å²) in [5, 5.41) is 18.7. The summed E-state index contributed by atoms with van der Waals surface area (Å²) in [4.78, 5) is 19.7. The van der Waals surface area contributed by atoms with Gasteiger partial charge in [0.25, 0.3) is 0 Å². The van der Waals surface area contributed by atoms with Gasteiger partial charge >= 0.3 is 0 Å². The van der Waals surface area contributed by atoms with E-state index in [1.165, 1.54) is 6.07 Å². The van der Waals surface area contributed by atoms with Crippen LogP contribution in [-0.2, 0) is 0 Å². The van der Waals surface area contributed by atoms with Crippen LogP contribution in [-0.4, -0.2) is 63.9 Å². The summed E-state index contributed by atoms with van der Waals surface area (Å²) in [5.41, 5.74) is 3.75. The van der Waals surface area contributed by atoms with E-state index in [-0.39, 0.29) is 31.1 Å². The standard InChI is InChI=1S/C21H27F2N5O2.CH4/c1-11(2)28-8-7-27(9-12(28)3)10-15(24)17-19(29)20(30)18(26-21(17)25)16-13(22)5-4-6-14(16)23;/h4-6,11-12,24,30H,7-10H2,1-3H3,(H3,25,26,29);1H4/t12-;/m0./s1. The Balaban J connectivity index is 0.00000341. The van der Waals surface area contributed by atoms with E-state index in [1.807, 2.05) is 4.90 Å². The summed E-state index contributed by atoms with van der Waals surface area (Å²) in [5.74, 6) is -2.97. The summed E-state index contributed by atoms with van der Waals surface area (Å²) >= 11 is 0. The van der Waals surface area contributed by atoms with Crippen molar-refractivity contribution in [1.29, 1.82) is 5.41 Å². The molecule has 0 unspecified atom stereocenters. The third-order valence-electron chi connectivity index (χ3n) is 5.53. The van der Waals surface area contributed by atoms with Crippen molar-refractivity contribution in [2.45, 2.75) is 40.3 Å². The van der Waals surface area contributed by atoms with Gasteiger partial charge in [0.1, 0.15) is 17.5 Å². The number of halogens is 2. The molecule has 170 valence electrons. The van der Waals surface area contributed by atoms with Gasteiger partial charge in [-0.2, -0.15) is 0 Å². The number of nitrogens with two attached hydrogens (primary N) is 1. The van der Waals surface area contributed by atoms with E-state index in [4.69, 9.17) is 11.1 Å². The first kappa shape index (κ1) is 24.5. The van der Waals surface area contributed by atoms with E-state index in [2.05, 4.69) is 30.7 Å². The lowest BCUT2D eigenvalue weighted by atomic mass is 10.0. The molecule has 0 aliphatic carbocycles. The van der Waals surface area contributed by atoms with Gasteiger partial charge in [0.05, 0.1) is 22.5 Å². The summed E-state index contributed by atoms with van der Waals surface area (Å²) in [6.07, 6.45) is 0. The number of rotatable bonds is 5. The largest absolute Gasteiger partial charge is 0.503 e. The second-order valence-electron chi connectivity index (χ2n) is 7.96. The van der Waals surface area contributed by atoms with Gasteiger partial charge < -0.3 is 21.2 Å². The lowest BCUT2D eigenvalue weighted by Crippen LogP contribution is -2.55. The maximum absolute atomic E-state index is 14.1. The Morgan fingerprint density at radius 1 is 1.32 bits per heavy atom. The number of piperazine rings is 1. The van der Waals surface area contributed by atoms with Crippen molar-refractivity contribution >= 4 is 11.5 Å². The van der Waals surface area contributed by atoms with Crippen LogP contribution in [0.5, 0.6) is 5.75 Å². The molecule has 3 rings (SSSR count). The Labute approximate surface area is 181 Å². The van der Waals surface area contributed by atoms with Gasteiger partial charge in [-0.1, -0.05) is 13.5 Å². The quantitative estimate of drug-likeness (QED) is 0.540. The van der Waals surface area contributed by atoms with Crippen LogP contribution < -0.4 is 11.2 Å². The van der Waals surface area contributed by atoms with Crippen LogP contribution in [0.1, 0.15) is 33.8 Å². The number of H-pyrrole nitrogens is 1. The summed E-state index contributed by atoms with van der Waals surface area (Å²) < 4.78 is 28.2. The maximum Gasteiger partial charge on any atom is 0.235 e. The highest BCUT2D eigenvalue weighted by Gasteiger charge is 2.28. The van der Waals surface area contributed by atoms with Gasteiger partial charge in [0, 0.05) is 38.3 Å². The molecule has 0 amide bonds. The number of nitrogen functional groups attached to an aromatic ring is 1. The van der Waals surface area contributed by atoms with Gasteiger partial charge in [0.2, 0.25) is 5.43 Å². The van der Waals surface area contributed by atoms with Crippen molar-refractivity contribution in [3.8, 4) is 17.0 Å². The second kappa shape index (κ2) is 9.57. The van der Waals surface area contributed by atoms with E-state index in [0.717, 1.165) is 31.8 Å². The Bertz CT molecular complexity index is 1000. The maximum atomic E-state index is 14.1. The molecule has 2 heterocycles. The van der Waals surface area contributed by atoms with Crippen molar-refractivity contribution in [2.24, 2.45) is 0 Å². The molecule has 1 fully saturated rings. The molecule has 1 aliphatic rings. The highest BCUT2D eigenvalue weighted by molar-refractivity contribution is 6.04. The number of aromatic hydroxyl groups is 1. The Hall–Kier alpha value is -2.78. The van der Waals surface area contributed by atoms with Gasteiger partial charge in [-0.3, -0.25) is 14.6 Å². The van der Waals surface area contributed by atoms with Crippen LogP contribution in [0.3, 0.4) is 0 Å². The number of benzene rings is 1. The SMILES string of the molecule is C.CC(C)N1CCN(CC(=N)c2c(N)[nH]c(-c3c(F)cccc3F)c(O)c2=O)C[C@@H]1C. The molecule has 5 N–H and O–H groups in total. The van der Waals surface area contributed by atoms with E-state index >= 15 is 0 Å². The zero-order valence-electron chi connectivity index (χ0n) is 17.3. The molecule has 7 nitrogen and oxygen atoms in total. The zero-order valence-corrected chi connectivity index (χ0v) is 17.3. The summed E-state index contributed by atoms with van der Waals surface area (Å²) in [6.45, 7) is 8.86. The molecule has 1 saturated heterocycles. The Kier molecular flexibility index (Phi) is 7.56. The minimum atomic E-state index is -0.944. The average molecular weight is 436 g/mol. The molecule has 0 saturated carbocycles. The number of hydrogen-bond acceptors (Lipinski definition) is 6. The van der Waals surface area contributed by atoms with Crippen LogP contribution in [0.25, 0.3) is 11.3 Å². The minimum Gasteiger partial charge on any atom is -0.503 e. The number of nitrogens with zero attached hydrogens (tertiary/aromatic N) is 2.